The maximum Gasteiger partial charge on any atom is 0.289 e. The second kappa shape index (κ2) is 6.59. The molecule has 6 nitrogen and oxygen atoms in total. The quantitative estimate of drug-likeness (QED) is 0.851. The summed E-state index contributed by atoms with van der Waals surface area (Å²) in [4.78, 5) is 33.2. The normalized spacial score (nSPS) is 19.3. The standard InChI is InChI=1S/C20H23N3O3/c1-15-4-2-5-16(21-15)13-23-14-20(12-18(23)24)7-9-22(10-8-20)19(25)17-6-3-11-26-17/h2-6,11H,7-10,12-14H2,1H3. The molecule has 2 aromatic rings. The van der Waals surface area contributed by atoms with Crippen molar-refractivity contribution in [2.75, 3.05) is 19.6 Å². The minimum atomic E-state index is -0.0602. The molecule has 0 unspecified atom stereocenters. The summed E-state index contributed by atoms with van der Waals surface area (Å²) in [7, 11) is 0. The molecule has 2 aromatic heterocycles. The molecule has 2 amide bonds. The molecule has 4 heterocycles. The summed E-state index contributed by atoms with van der Waals surface area (Å²) in [6, 6.07) is 9.33. The molecule has 26 heavy (non-hydrogen) atoms. The van der Waals surface area contributed by atoms with E-state index in [2.05, 4.69) is 4.98 Å². The second-order valence-corrected chi connectivity index (χ2v) is 7.47. The molecule has 0 aromatic carbocycles. The third-order valence-electron chi connectivity index (χ3n) is 5.55. The fourth-order valence-corrected chi connectivity index (χ4v) is 4.08. The molecule has 2 aliphatic rings. The SMILES string of the molecule is Cc1cccc(CN2CC3(CCN(C(=O)c4ccco4)CC3)CC2=O)n1. The van der Waals surface area contributed by atoms with Crippen molar-refractivity contribution in [2.24, 2.45) is 5.41 Å². The number of hydrogen-bond donors (Lipinski definition) is 0. The Bertz CT molecular complexity index is 807. The number of aryl methyl sites for hydroxylation is 1. The Kier molecular flexibility index (Phi) is 4.26. The molecule has 2 fully saturated rings. The van der Waals surface area contributed by atoms with E-state index in [0.717, 1.165) is 30.8 Å². The summed E-state index contributed by atoms with van der Waals surface area (Å²) >= 11 is 0. The van der Waals surface area contributed by atoms with Gasteiger partial charge in [-0.05, 0) is 44.0 Å². The monoisotopic (exact) mass is 353 g/mol. The minimum absolute atomic E-state index is 0.0130. The van der Waals surface area contributed by atoms with E-state index >= 15 is 0 Å². The van der Waals surface area contributed by atoms with Gasteiger partial charge in [0.25, 0.3) is 5.91 Å². The van der Waals surface area contributed by atoms with E-state index in [4.69, 9.17) is 4.42 Å². The van der Waals surface area contributed by atoms with Crippen molar-refractivity contribution in [3.05, 3.63) is 53.7 Å². The zero-order chi connectivity index (χ0) is 18.1. The first-order valence-corrected chi connectivity index (χ1v) is 9.08. The van der Waals surface area contributed by atoms with Crippen LogP contribution in [0, 0.1) is 12.3 Å². The molecular weight excluding hydrogens is 330 g/mol. The molecule has 0 bridgehead atoms. The van der Waals surface area contributed by atoms with E-state index in [0.29, 0.717) is 31.8 Å². The lowest BCUT2D eigenvalue weighted by atomic mass is 9.77. The third kappa shape index (κ3) is 3.23. The van der Waals surface area contributed by atoms with E-state index < -0.39 is 0 Å². The van der Waals surface area contributed by atoms with Crippen molar-refractivity contribution in [1.82, 2.24) is 14.8 Å². The molecule has 4 rings (SSSR count). The van der Waals surface area contributed by atoms with Crippen LogP contribution >= 0.6 is 0 Å². The molecule has 0 N–H and O–H groups in total. The molecule has 136 valence electrons. The van der Waals surface area contributed by atoms with Gasteiger partial charge in [0.05, 0.1) is 18.5 Å². The van der Waals surface area contributed by atoms with Crippen LogP contribution in [0.15, 0.2) is 41.0 Å². The Morgan fingerprint density at radius 2 is 2.04 bits per heavy atom. The van der Waals surface area contributed by atoms with Crippen LogP contribution in [0.25, 0.3) is 0 Å². The van der Waals surface area contributed by atoms with Crippen LogP contribution in [0.5, 0.6) is 0 Å². The topological polar surface area (TPSA) is 66.7 Å². The zero-order valence-corrected chi connectivity index (χ0v) is 15.0. The molecule has 1 spiro atoms. The number of pyridine rings is 1. The van der Waals surface area contributed by atoms with Crippen LogP contribution in [0.4, 0.5) is 0 Å². The van der Waals surface area contributed by atoms with Crippen LogP contribution in [0.3, 0.4) is 0 Å². The predicted molar refractivity (Wildman–Crippen MR) is 95.3 cm³/mol. The molecule has 2 aliphatic heterocycles. The molecule has 0 aliphatic carbocycles. The third-order valence-corrected chi connectivity index (χ3v) is 5.55. The van der Waals surface area contributed by atoms with E-state index in [9.17, 15) is 9.59 Å². The minimum Gasteiger partial charge on any atom is -0.459 e. The number of nitrogens with zero attached hydrogens (tertiary/aromatic N) is 3. The van der Waals surface area contributed by atoms with E-state index in [-0.39, 0.29) is 17.2 Å². The van der Waals surface area contributed by atoms with Crippen LogP contribution < -0.4 is 0 Å². The Morgan fingerprint density at radius 1 is 1.23 bits per heavy atom. The van der Waals surface area contributed by atoms with Crippen molar-refractivity contribution in [3.8, 4) is 0 Å². The number of hydrogen-bond acceptors (Lipinski definition) is 4. The van der Waals surface area contributed by atoms with Gasteiger partial charge in [0.15, 0.2) is 5.76 Å². The highest BCUT2D eigenvalue weighted by molar-refractivity contribution is 5.91. The lowest BCUT2D eigenvalue weighted by Gasteiger charge is -2.38. The van der Waals surface area contributed by atoms with Gasteiger partial charge in [-0.2, -0.15) is 0 Å². The molecule has 0 radical (unpaired) electrons. The highest BCUT2D eigenvalue weighted by atomic mass is 16.3. The zero-order valence-electron chi connectivity index (χ0n) is 15.0. The smallest absolute Gasteiger partial charge is 0.289 e. The summed E-state index contributed by atoms with van der Waals surface area (Å²) in [5.41, 5.74) is 1.88. The van der Waals surface area contributed by atoms with Crippen molar-refractivity contribution in [3.63, 3.8) is 0 Å². The van der Waals surface area contributed by atoms with Gasteiger partial charge in [-0.15, -0.1) is 0 Å². The molecular formula is C20H23N3O3. The summed E-state index contributed by atoms with van der Waals surface area (Å²) in [6.07, 6.45) is 3.79. The summed E-state index contributed by atoms with van der Waals surface area (Å²) in [5, 5.41) is 0. The summed E-state index contributed by atoms with van der Waals surface area (Å²) in [5.74, 6) is 0.518. The molecule has 0 atom stereocenters. The number of likely N-dealkylation sites (tertiary alicyclic amines) is 2. The van der Waals surface area contributed by atoms with Gasteiger partial charge in [0.1, 0.15) is 0 Å². The average Bonchev–Trinajstić information content (AvgIpc) is 3.24. The Morgan fingerprint density at radius 3 is 2.73 bits per heavy atom. The number of piperidine rings is 1. The fourth-order valence-electron chi connectivity index (χ4n) is 4.08. The molecule has 6 heteroatoms. The average molecular weight is 353 g/mol. The Labute approximate surface area is 152 Å². The lowest BCUT2D eigenvalue weighted by molar-refractivity contribution is -0.128. The number of aromatic nitrogens is 1. The lowest BCUT2D eigenvalue weighted by Crippen LogP contribution is -2.44. The largest absolute Gasteiger partial charge is 0.459 e. The van der Waals surface area contributed by atoms with Gasteiger partial charge in [0, 0.05) is 37.2 Å². The van der Waals surface area contributed by atoms with Crippen molar-refractivity contribution in [2.45, 2.75) is 32.7 Å². The first-order chi connectivity index (χ1) is 12.5. The summed E-state index contributed by atoms with van der Waals surface area (Å²) < 4.78 is 5.22. The maximum absolute atomic E-state index is 12.5. The highest BCUT2D eigenvalue weighted by Crippen LogP contribution is 2.41. The van der Waals surface area contributed by atoms with Crippen molar-refractivity contribution < 1.29 is 14.0 Å². The van der Waals surface area contributed by atoms with Gasteiger partial charge in [-0.25, -0.2) is 0 Å². The van der Waals surface area contributed by atoms with Crippen LogP contribution in [-0.2, 0) is 11.3 Å². The molecule has 2 saturated heterocycles. The number of rotatable bonds is 3. The van der Waals surface area contributed by atoms with Crippen LogP contribution in [0.1, 0.15) is 41.2 Å². The van der Waals surface area contributed by atoms with E-state index in [1.807, 2.05) is 34.9 Å². The number of carbonyl (C=O) groups is 2. The van der Waals surface area contributed by atoms with Crippen molar-refractivity contribution in [1.29, 1.82) is 0 Å². The Hall–Kier alpha value is -2.63. The number of furan rings is 1. The number of amides is 2. The predicted octanol–water partition coefficient (Wildman–Crippen LogP) is 2.64. The van der Waals surface area contributed by atoms with Gasteiger partial charge in [-0.3, -0.25) is 14.6 Å². The summed E-state index contributed by atoms with van der Waals surface area (Å²) in [6.45, 7) is 4.62. The first-order valence-electron chi connectivity index (χ1n) is 9.08. The second-order valence-electron chi connectivity index (χ2n) is 7.47. The maximum atomic E-state index is 12.5. The van der Waals surface area contributed by atoms with Crippen molar-refractivity contribution >= 4 is 11.8 Å². The number of carbonyl (C=O) groups excluding carboxylic acids is 2. The van der Waals surface area contributed by atoms with Crippen LogP contribution in [-0.4, -0.2) is 46.2 Å². The molecule has 0 saturated carbocycles. The van der Waals surface area contributed by atoms with Gasteiger partial charge >= 0.3 is 0 Å². The van der Waals surface area contributed by atoms with E-state index in [1.54, 1.807) is 12.1 Å². The van der Waals surface area contributed by atoms with Gasteiger partial charge < -0.3 is 14.2 Å². The van der Waals surface area contributed by atoms with E-state index in [1.165, 1.54) is 6.26 Å². The fraction of sp³-hybridized carbons (Fsp3) is 0.450. The highest BCUT2D eigenvalue weighted by Gasteiger charge is 2.45. The van der Waals surface area contributed by atoms with Crippen LogP contribution in [0.2, 0.25) is 0 Å². The van der Waals surface area contributed by atoms with Gasteiger partial charge in [0.2, 0.25) is 5.91 Å². The van der Waals surface area contributed by atoms with Gasteiger partial charge in [-0.1, -0.05) is 6.07 Å². The first kappa shape index (κ1) is 16.8. The Balaban J connectivity index is 1.38.